The number of allylic oxidation sites excluding steroid dienone is 2. The van der Waals surface area contributed by atoms with Crippen LogP contribution in [0.5, 0.6) is 0 Å². The third kappa shape index (κ3) is 1.94. The third-order valence-electron chi connectivity index (χ3n) is 4.39. The molecule has 0 spiro atoms. The van der Waals surface area contributed by atoms with E-state index < -0.39 is 11.6 Å². The van der Waals surface area contributed by atoms with Crippen molar-refractivity contribution in [2.24, 2.45) is 5.92 Å². The van der Waals surface area contributed by atoms with Gasteiger partial charge in [-0.05, 0) is 36.1 Å². The van der Waals surface area contributed by atoms with Gasteiger partial charge >= 0.3 is 0 Å². The fourth-order valence-electron chi connectivity index (χ4n) is 3.47. The molecule has 4 heteroatoms. The van der Waals surface area contributed by atoms with E-state index in [-0.39, 0.29) is 17.9 Å². The molecule has 0 radical (unpaired) electrons. The van der Waals surface area contributed by atoms with Crippen LogP contribution in [0.1, 0.15) is 29.6 Å². The molecule has 2 aliphatic rings. The number of fused-ring (bicyclic) bond motifs is 3. The molecule has 0 amide bonds. The molecule has 0 bridgehead atoms. The SMILES string of the molecule is Fc1cc(F)c2c(c1)[C@H]1C=CC[C@H]1[C@H](c1ccccn1)N2. The highest BCUT2D eigenvalue weighted by Crippen LogP contribution is 2.50. The number of anilines is 1. The van der Waals surface area contributed by atoms with Crippen LogP contribution in [0.25, 0.3) is 0 Å². The van der Waals surface area contributed by atoms with Gasteiger partial charge < -0.3 is 5.32 Å². The van der Waals surface area contributed by atoms with Crippen molar-refractivity contribution in [3.05, 3.63) is 71.6 Å². The molecule has 1 aromatic carbocycles. The van der Waals surface area contributed by atoms with Crippen molar-refractivity contribution in [2.75, 3.05) is 5.32 Å². The summed E-state index contributed by atoms with van der Waals surface area (Å²) in [4.78, 5) is 4.40. The Morgan fingerprint density at radius 2 is 2.10 bits per heavy atom. The van der Waals surface area contributed by atoms with Crippen LogP contribution >= 0.6 is 0 Å². The lowest BCUT2D eigenvalue weighted by Gasteiger charge is -2.37. The first-order valence-corrected chi connectivity index (χ1v) is 7.07. The fourth-order valence-corrected chi connectivity index (χ4v) is 3.47. The second kappa shape index (κ2) is 4.65. The van der Waals surface area contributed by atoms with Gasteiger partial charge in [-0.2, -0.15) is 0 Å². The summed E-state index contributed by atoms with van der Waals surface area (Å²) in [6.07, 6.45) is 6.77. The summed E-state index contributed by atoms with van der Waals surface area (Å²) < 4.78 is 27.7. The minimum absolute atomic E-state index is 0.0402. The van der Waals surface area contributed by atoms with Gasteiger partial charge in [-0.3, -0.25) is 4.98 Å². The largest absolute Gasteiger partial charge is 0.374 e. The maximum Gasteiger partial charge on any atom is 0.149 e. The molecular formula is C17H14F2N2. The molecule has 0 fully saturated rings. The van der Waals surface area contributed by atoms with Crippen molar-refractivity contribution >= 4 is 5.69 Å². The molecule has 0 unspecified atom stereocenters. The Bertz CT molecular complexity index is 712. The second-order valence-corrected chi connectivity index (χ2v) is 5.58. The van der Waals surface area contributed by atoms with E-state index in [1.54, 1.807) is 6.20 Å². The van der Waals surface area contributed by atoms with Gasteiger partial charge in [-0.1, -0.05) is 18.2 Å². The summed E-state index contributed by atoms with van der Waals surface area (Å²) >= 11 is 0. The zero-order valence-electron chi connectivity index (χ0n) is 11.3. The molecule has 21 heavy (non-hydrogen) atoms. The third-order valence-corrected chi connectivity index (χ3v) is 4.39. The van der Waals surface area contributed by atoms with E-state index in [1.165, 1.54) is 6.07 Å². The van der Waals surface area contributed by atoms with Gasteiger partial charge in [0.25, 0.3) is 0 Å². The van der Waals surface area contributed by atoms with E-state index in [0.717, 1.165) is 18.2 Å². The normalized spacial score (nSPS) is 26.1. The number of hydrogen-bond acceptors (Lipinski definition) is 2. The van der Waals surface area contributed by atoms with Gasteiger partial charge in [-0.25, -0.2) is 8.78 Å². The van der Waals surface area contributed by atoms with Crippen LogP contribution in [0.2, 0.25) is 0 Å². The van der Waals surface area contributed by atoms with Crippen LogP contribution < -0.4 is 5.32 Å². The number of benzene rings is 1. The molecule has 1 aromatic heterocycles. The predicted octanol–water partition coefficient (Wildman–Crippen LogP) is 4.19. The van der Waals surface area contributed by atoms with E-state index in [4.69, 9.17) is 0 Å². The lowest BCUT2D eigenvalue weighted by atomic mass is 9.78. The van der Waals surface area contributed by atoms with Crippen LogP contribution in [0.15, 0.2) is 48.7 Å². The van der Waals surface area contributed by atoms with Crippen LogP contribution in [-0.2, 0) is 0 Å². The quantitative estimate of drug-likeness (QED) is 0.794. The minimum Gasteiger partial charge on any atom is -0.374 e. The van der Waals surface area contributed by atoms with Crippen molar-refractivity contribution in [1.29, 1.82) is 0 Å². The zero-order valence-corrected chi connectivity index (χ0v) is 11.3. The number of halogens is 2. The first-order valence-electron chi connectivity index (χ1n) is 7.07. The lowest BCUT2D eigenvalue weighted by Crippen LogP contribution is -2.30. The Morgan fingerprint density at radius 1 is 1.19 bits per heavy atom. The number of nitrogens with one attached hydrogen (secondary N) is 1. The number of nitrogens with zero attached hydrogens (tertiary/aromatic N) is 1. The van der Waals surface area contributed by atoms with Crippen LogP contribution in [0.4, 0.5) is 14.5 Å². The van der Waals surface area contributed by atoms with Crippen LogP contribution in [0.3, 0.4) is 0 Å². The molecule has 1 N–H and O–H groups in total. The Labute approximate surface area is 121 Å². The van der Waals surface area contributed by atoms with Crippen molar-refractivity contribution < 1.29 is 8.78 Å². The van der Waals surface area contributed by atoms with Crippen molar-refractivity contribution in [3.8, 4) is 0 Å². The van der Waals surface area contributed by atoms with Gasteiger partial charge in [-0.15, -0.1) is 0 Å². The summed E-state index contributed by atoms with van der Waals surface area (Å²) in [5.41, 5.74) is 2.00. The molecule has 1 aliphatic carbocycles. The topological polar surface area (TPSA) is 24.9 Å². The summed E-state index contributed by atoms with van der Waals surface area (Å²) in [5, 5.41) is 3.24. The van der Waals surface area contributed by atoms with Gasteiger partial charge in [0, 0.05) is 18.2 Å². The number of aromatic nitrogens is 1. The van der Waals surface area contributed by atoms with Gasteiger partial charge in [0.2, 0.25) is 0 Å². The summed E-state index contributed by atoms with van der Waals surface area (Å²) in [5.74, 6) is -0.778. The van der Waals surface area contributed by atoms with E-state index in [1.807, 2.05) is 18.2 Å². The van der Waals surface area contributed by atoms with Crippen molar-refractivity contribution in [1.82, 2.24) is 4.98 Å². The maximum atomic E-state index is 14.1. The molecule has 0 saturated heterocycles. The molecule has 2 heterocycles. The molecular weight excluding hydrogens is 270 g/mol. The highest BCUT2D eigenvalue weighted by atomic mass is 19.1. The highest BCUT2D eigenvalue weighted by molar-refractivity contribution is 5.60. The number of hydrogen-bond donors (Lipinski definition) is 1. The molecule has 4 rings (SSSR count). The lowest BCUT2D eigenvalue weighted by molar-refractivity contribution is 0.412. The fraction of sp³-hybridized carbons (Fsp3) is 0.235. The molecule has 2 aromatic rings. The first kappa shape index (κ1) is 12.5. The van der Waals surface area contributed by atoms with Crippen LogP contribution in [-0.4, -0.2) is 4.98 Å². The van der Waals surface area contributed by atoms with E-state index in [9.17, 15) is 8.78 Å². The summed E-state index contributed by atoms with van der Waals surface area (Å²) in [7, 11) is 0. The van der Waals surface area contributed by atoms with Gasteiger partial charge in [0.15, 0.2) is 0 Å². The zero-order chi connectivity index (χ0) is 14.4. The van der Waals surface area contributed by atoms with E-state index >= 15 is 0 Å². The minimum atomic E-state index is -0.537. The first-order chi connectivity index (χ1) is 10.2. The molecule has 0 saturated carbocycles. The summed E-state index contributed by atoms with van der Waals surface area (Å²) in [6.45, 7) is 0. The van der Waals surface area contributed by atoms with E-state index in [0.29, 0.717) is 11.3 Å². The Balaban J connectivity index is 1.84. The summed E-state index contributed by atoms with van der Waals surface area (Å²) in [6, 6.07) is 8.05. The van der Waals surface area contributed by atoms with Gasteiger partial charge in [0.1, 0.15) is 11.6 Å². The van der Waals surface area contributed by atoms with E-state index in [2.05, 4.69) is 22.5 Å². The highest BCUT2D eigenvalue weighted by Gasteiger charge is 2.39. The second-order valence-electron chi connectivity index (χ2n) is 5.58. The molecule has 2 nitrogen and oxygen atoms in total. The number of pyridine rings is 1. The predicted molar refractivity (Wildman–Crippen MR) is 76.9 cm³/mol. The average molecular weight is 284 g/mol. The van der Waals surface area contributed by atoms with Crippen molar-refractivity contribution in [3.63, 3.8) is 0 Å². The monoisotopic (exact) mass is 284 g/mol. The Kier molecular flexibility index (Phi) is 2.77. The Morgan fingerprint density at radius 3 is 2.90 bits per heavy atom. The molecule has 1 aliphatic heterocycles. The Hall–Kier alpha value is -2.23. The molecule has 3 atom stereocenters. The smallest absolute Gasteiger partial charge is 0.149 e. The molecule has 106 valence electrons. The van der Waals surface area contributed by atoms with Crippen LogP contribution in [0, 0.1) is 17.6 Å². The maximum absolute atomic E-state index is 14.1. The number of rotatable bonds is 1. The average Bonchev–Trinajstić information content (AvgIpc) is 2.97. The van der Waals surface area contributed by atoms with Crippen molar-refractivity contribution in [2.45, 2.75) is 18.4 Å². The standard InChI is InChI=1S/C17H14F2N2/c18-10-8-13-11-4-3-5-12(11)17(15-6-1-2-7-20-15)21-16(13)14(19)9-10/h1-4,6-9,11-12,17,21H,5H2/t11-,12+,17+/m0/s1. The van der Waals surface area contributed by atoms with Gasteiger partial charge in [0.05, 0.1) is 17.4 Å².